The maximum absolute atomic E-state index is 10.7. The van der Waals surface area contributed by atoms with E-state index in [-0.39, 0.29) is 5.91 Å². The second-order valence-electron chi connectivity index (χ2n) is 2.53. The molecule has 0 radical (unpaired) electrons. The van der Waals surface area contributed by atoms with Crippen LogP contribution < -0.4 is 5.32 Å². The lowest BCUT2D eigenvalue weighted by molar-refractivity contribution is -0.114. The molecule has 4 heteroatoms. The highest BCUT2D eigenvalue weighted by atomic mass is 35.5. The van der Waals surface area contributed by atoms with E-state index in [0.717, 1.165) is 5.56 Å². The van der Waals surface area contributed by atoms with E-state index < -0.39 is 0 Å². The van der Waals surface area contributed by atoms with Crippen molar-refractivity contribution in [2.75, 3.05) is 5.32 Å². The van der Waals surface area contributed by atoms with Gasteiger partial charge in [0.05, 0.1) is 5.69 Å². The van der Waals surface area contributed by atoms with Crippen molar-refractivity contribution in [2.24, 2.45) is 0 Å². The van der Waals surface area contributed by atoms with Crippen molar-refractivity contribution in [3.8, 4) is 0 Å². The minimum Gasteiger partial charge on any atom is -0.324 e. The van der Waals surface area contributed by atoms with Gasteiger partial charge in [-0.05, 0) is 18.6 Å². The van der Waals surface area contributed by atoms with Gasteiger partial charge in [-0.15, -0.1) is 0 Å². The summed E-state index contributed by atoms with van der Waals surface area (Å²) in [5.74, 6) is -0.149. The van der Waals surface area contributed by atoms with Gasteiger partial charge in [-0.3, -0.25) is 4.79 Å². The average Bonchev–Trinajstić information content (AvgIpc) is 1.96. The van der Waals surface area contributed by atoms with E-state index in [1.54, 1.807) is 12.3 Å². The number of nitrogens with zero attached hydrogens (tertiary/aromatic N) is 1. The molecule has 0 saturated heterocycles. The third-order valence-electron chi connectivity index (χ3n) is 1.29. The molecule has 1 amide bonds. The van der Waals surface area contributed by atoms with Crippen LogP contribution in [0.15, 0.2) is 12.3 Å². The van der Waals surface area contributed by atoms with Gasteiger partial charge >= 0.3 is 0 Å². The summed E-state index contributed by atoms with van der Waals surface area (Å²) < 4.78 is 0. The van der Waals surface area contributed by atoms with E-state index in [1.165, 1.54) is 6.92 Å². The number of carbonyl (C=O) groups excluding carboxylic acids is 1. The maximum atomic E-state index is 10.7. The molecular formula is C8H9ClN2O. The third-order valence-corrected chi connectivity index (χ3v) is 1.59. The molecule has 1 heterocycles. The standard InChI is InChI=1S/C8H9ClN2O/c1-5-3-7(11-6(2)12)8(9)10-4-5/h3-4H,1-2H3,(H,11,12). The van der Waals surface area contributed by atoms with E-state index in [9.17, 15) is 4.79 Å². The van der Waals surface area contributed by atoms with Gasteiger partial charge in [0, 0.05) is 13.1 Å². The first kappa shape index (κ1) is 9.00. The zero-order chi connectivity index (χ0) is 9.14. The van der Waals surface area contributed by atoms with Crippen LogP contribution in [0.1, 0.15) is 12.5 Å². The molecule has 12 heavy (non-hydrogen) atoms. The number of anilines is 1. The Bertz CT molecular complexity index is 312. The number of aryl methyl sites for hydroxylation is 1. The predicted molar refractivity (Wildman–Crippen MR) is 48.3 cm³/mol. The van der Waals surface area contributed by atoms with Crippen LogP contribution in [-0.2, 0) is 4.79 Å². The zero-order valence-electron chi connectivity index (χ0n) is 6.89. The van der Waals surface area contributed by atoms with E-state index in [0.29, 0.717) is 10.8 Å². The monoisotopic (exact) mass is 184 g/mol. The Morgan fingerprint density at radius 2 is 2.33 bits per heavy atom. The number of halogens is 1. The highest BCUT2D eigenvalue weighted by molar-refractivity contribution is 6.32. The Morgan fingerprint density at radius 3 is 2.92 bits per heavy atom. The number of rotatable bonds is 1. The summed E-state index contributed by atoms with van der Waals surface area (Å²) in [5, 5.41) is 2.90. The fourth-order valence-corrected chi connectivity index (χ4v) is 0.980. The molecule has 0 aliphatic rings. The van der Waals surface area contributed by atoms with Crippen molar-refractivity contribution in [3.05, 3.63) is 23.0 Å². The van der Waals surface area contributed by atoms with E-state index >= 15 is 0 Å². The summed E-state index contributed by atoms with van der Waals surface area (Å²) >= 11 is 5.71. The molecule has 0 aromatic carbocycles. The summed E-state index contributed by atoms with van der Waals surface area (Å²) in [5.41, 5.74) is 1.52. The number of aromatic nitrogens is 1. The molecule has 0 spiro atoms. The highest BCUT2D eigenvalue weighted by Gasteiger charge is 2.02. The SMILES string of the molecule is CC(=O)Nc1cc(C)cnc1Cl. The number of carbonyl (C=O) groups is 1. The Hall–Kier alpha value is -1.09. The van der Waals surface area contributed by atoms with Gasteiger partial charge in [-0.25, -0.2) is 4.98 Å². The molecule has 0 aliphatic heterocycles. The largest absolute Gasteiger partial charge is 0.324 e. The summed E-state index contributed by atoms with van der Waals surface area (Å²) in [4.78, 5) is 14.6. The molecule has 1 rings (SSSR count). The number of nitrogens with one attached hydrogen (secondary N) is 1. The lowest BCUT2D eigenvalue weighted by Gasteiger charge is -2.03. The second kappa shape index (κ2) is 3.54. The van der Waals surface area contributed by atoms with Crippen molar-refractivity contribution in [1.29, 1.82) is 0 Å². The number of amides is 1. The number of hydrogen-bond acceptors (Lipinski definition) is 2. The lowest BCUT2D eigenvalue weighted by atomic mass is 10.3. The van der Waals surface area contributed by atoms with Crippen LogP contribution in [-0.4, -0.2) is 10.9 Å². The first-order chi connectivity index (χ1) is 5.59. The maximum Gasteiger partial charge on any atom is 0.221 e. The first-order valence-corrected chi connectivity index (χ1v) is 3.87. The molecule has 1 aromatic heterocycles. The topological polar surface area (TPSA) is 42.0 Å². The van der Waals surface area contributed by atoms with Crippen molar-refractivity contribution in [1.82, 2.24) is 4.98 Å². The van der Waals surface area contributed by atoms with Gasteiger partial charge in [-0.1, -0.05) is 11.6 Å². The summed E-state index contributed by atoms with van der Waals surface area (Å²) in [6, 6.07) is 1.77. The summed E-state index contributed by atoms with van der Waals surface area (Å²) in [7, 11) is 0. The first-order valence-electron chi connectivity index (χ1n) is 3.49. The van der Waals surface area contributed by atoms with Gasteiger partial charge in [0.2, 0.25) is 5.91 Å². The van der Waals surface area contributed by atoms with Crippen molar-refractivity contribution < 1.29 is 4.79 Å². The smallest absolute Gasteiger partial charge is 0.221 e. The third kappa shape index (κ3) is 2.20. The summed E-state index contributed by atoms with van der Waals surface area (Å²) in [6.45, 7) is 3.31. The molecule has 3 nitrogen and oxygen atoms in total. The Kier molecular flexibility index (Phi) is 2.65. The molecule has 0 aliphatic carbocycles. The van der Waals surface area contributed by atoms with Crippen LogP contribution in [0.5, 0.6) is 0 Å². The van der Waals surface area contributed by atoms with Crippen LogP contribution in [0.25, 0.3) is 0 Å². The number of hydrogen-bond donors (Lipinski definition) is 1. The Balaban J connectivity index is 2.97. The molecule has 0 unspecified atom stereocenters. The van der Waals surface area contributed by atoms with Crippen molar-refractivity contribution in [2.45, 2.75) is 13.8 Å². The minimum atomic E-state index is -0.149. The predicted octanol–water partition coefficient (Wildman–Crippen LogP) is 2.00. The number of pyridine rings is 1. The lowest BCUT2D eigenvalue weighted by Crippen LogP contribution is -2.06. The molecule has 0 bridgehead atoms. The average molecular weight is 185 g/mol. The molecule has 64 valence electrons. The van der Waals surface area contributed by atoms with Crippen LogP contribution in [0, 0.1) is 6.92 Å². The zero-order valence-corrected chi connectivity index (χ0v) is 7.64. The minimum absolute atomic E-state index is 0.149. The van der Waals surface area contributed by atoms with E-state index in [1.807, 2.05) is 6.92 Å². The van der Waals surface area contributed by atoms with E-state index in [2.05, 4.69) is 10.3 Å². The molecule has 1 aromatic rings. The molecule has 0 atom stereocenters. The van der Waals surface area contributed by atoms with Gasteiger partial charge in [0.15, 0.2) is 5.15 Å². The van der Waals surface area contributed by atoms with Crippen molar-refractivity contribution in [3.63, 3.8) is 0 Å². The van der Waals surface area contributed by atoms with Crippen molar-refractivity contribution >= 4 is 23.2 Å². The van der Waals surface area contributed by atoms with Crippen LogP contribution in [0.3, 0.4) is 0 Å². The molecule has 1 N–H and O–H groups in total. The van der Waals surface area contributed by atoms with Gasteiger partial charge in [0.1, 0.15) is 0 Å². The van der Waals surface area contributed by atoms with Crippen LogP contribution >= 0.6 is 11.6 Å². The van der Waals surface area contributed by atoms with Gasteiger partial charge < -0.3 is 5.32 Å². The van der Waals surface area contributed by atoms with E-state index in [4.69, 9.17) is 11.6 Å². The second-order valence-corrected chi connectivity index (χ2v) is 2.89. The highest BCUT2D eigenvalue weighted by Crippen LogP contribution is 2.19. The Morgan fingerprint density at radius 1 is 1.67 bits per heavy atom. The summed E-state index contributed by atoms with van der Waals surface area (Å²) in [6.07, 6.45) is 1.65. The fraction of sp³-hybridized carbons (Fsp3) is 0.250. The molecular weight excluding hydrogens is 176 g/mol. The normalized spacial score (nSPS) is 9.58. The molecule has 0 fully saturated rings. The van der Waals surface area contributed by atoms with Gasteiger partial charge in [-0.2, -0.15) is 0 Å². The van der Waals surface area contributed by atoms with Crippen LogP contribution in [0.4, 0.5) is 5.69 Å². The quantitative estimate of drug-likeness (QED) is 0.679. The molecule has 0 saturated carbocycles. The Labute approximate surface area is 75.8 Å². The van der Waals surface area contributed by atoms with Crippen LogP contribution in [0.2, 0.25) is 5.15 Å². The van der Waals surface area contributed by atoms with Gasteiger partial charge in [0.25, 0.3) is 0 Å². The fourth-order valence-electron chi connectivity index (χ4n) is 0.830.